The Balaban J connectivity index is 1.39. The van der Waals surface area contributed by atoms with Crippen molar-refractivity contribution < 1.29 is 14.3 Å². The maximum absolute atomic E-state index is 11.9. The van der Waals surface area contributed by atoms with Crippen molar-refractivity contribution in [1.29, 1.82) is 0 Å². The first-order valence-electron chi connectivity index (χ1n) is 8.50. The maximum atomic E-state index is 11.9. The van der Waals surface area contributed by atoms with E-state index in [2.05, 4.69) is 10.4 Å². The van der Waals surface area contributed by atoms with Crippen molar-refractivity contribution in [2.45, 2.75) is 6.42 Å². The lowest BCUT2D eigenvalue weighted by molar-refractivity contribution is -0.123. The topological polar surface area (TPSA) is 99.2 Å². The van der Waals surface area contributed by atoms with E-state index in [0.29, 0.717) is 17.9 Å². The average molecular weight is 364 g/mol. The number of benzene rings is 2. The molecule has 0 spiro atoms. The summed E-state index contributed by atoms with van der Waals surface area (Å²) in [6.07, 6.45) is 4.34. The Kier molecular flexibility index (Phi) is 5.84. The molecule has 2 aromatic carbocycles. The molecule has 0 aliphatic rings. The van der Waals surface area contributed by atoms with Gasteiger partial charge in [-0.05, 0) is 54.4 Å². The SMILES string of the molecule is NC(=O)c1ccc(OCC(=O)NCCc2ccc(-n3cccn3)cc2)cc1. The van der Waals surface area contributed by atoms with Gasteiger partial charge in [-0.25, -0.2) is 4.68 Å². The average Bonchev–Trinajstić information content (AvgIpc) is 3.22. The molecule has 3 aromatic rings. The van der Waals surface area contributed by atoms with Crippen LogP contribution in [0.4, 0.5) is 0 Å². The number of hydrogen-bond acceptors (Lipinski definition) is 4. The van der Waals surface area contributed by atoms with Crippen LogP contribution in [0.2, 0.25) is 0 Å². The number of nitrogens with zero attached hydrogens (tertiary/aromatic N) is 2. The molecule has 7 heteroatoms. The van der Waals surface area contributed by atoms with E-state index < -0.39 is 5.91 Å². The second kappa shape index (κ2) is 8.66. The molecule has 0 bridgehead atoms. The van der Waals surface area contributed by atoms with Crippen molar-refractivity contribution in [2.24, 2.45) is 5.73 Å². The zero-order chi connectivity index (χ0) is 19.1. The number of rotatable bonds is 8. The highest BCUT2D eigenvalue weighted by atomic mass is 16.5. The van der Waals surface area contributed by atoms with Crippen molar-refractivity contribution in [3.63, 3.8) is 0 Å². The molecular weight excluding hydrogens is 344 g/mol. The molecule has 0 atom stereocenters. The smallest absolute Gasteiger partial charge is 0.257 e. The third kappa shape index (κ3) is 5.18. The number of aromatic nitrogens is 2. The minimum atomic E-state index is -0.503. The number of amides is 2. The van der Waals surface area contributed by atoms with Gasteiger partial charge >= 0.3 is 0 Å². The van der Waals surface area contributed by atoms with Crippen LogP contribution in [0, 0.1) is 0 Å². The van der Waals surface area contributed by atoms with Gasteiger partial charge in [-0.3, -0.25) is 9.59 Å². The zero-order valence-corrected chi connectivity index (χ0v) is 14.7. The summed E-state index contributed by atoms with van der Waals surface area (Å²) in [5.41, 5.74) is 7.68. The Hall–Kier alpha value is -3.61. The molecule has 1 heterocycles. The molecule has 138 valence electrons. The minimum Gasteiger partial charge on any atom is -0.484 e. The van der Waals surface area contributed by atoms with Gasteiger partial charge in [0, 0.05) is 24.5 Å². The number of nitrogens with one attached hydrogen (secondary N) is 1. The molecule has 2 amide bonds. The highest BCUT2D eigenvalue weighted by Crippen LogP contribution is 2.12. The lowest BCUT2D eigenvalue weighted by Gasteiger charge is -2.08. The number of primary amides is 1. The minimum absolute atomic E-state index is 0.0891. The second-order valence-corrected chi connectivity index (χ2v) is 5.89. The van der Waals surface area contributed by atoms with E-state index in [0.717, 1.165) is 17.7 Å². The maximum Gasteiger partial charge on any atom is 0.257 e. The van der Waals surface area contributed by atoms with Crippen LogP contribution in [-0.4, -0.2) is 34.7 Å². The Morgan fingerprint density at radius 3 is 2.44 bits per heavy atom. The fourth-order valence-electron chi connectivity index (χ4n) is 2.50. The molecule has 3 rings (SSSR count). The Labute approximate surface area is 156 Å². The predicted octanol–water partition coefficient (Wildman–Crippen LogP) is 1.71. The van der Waals surface area contributed by atoms with E-state index in [4.69, 9.17) is 10.5 Å². The number of hydrogen-bond donors (Lipinski definition) is 2. The van der Waals surface area contributed by atoms with Crippen LogP contribution in [0.5, 0.6) is 5.75 Å². The molecule has 0 fully saturated rings. The molecule has 0 unspecified atom stereocenters. The molecule has 0 saturated carbocycles. The Bertz CT molecular complexity index is 888. The van der Waals surface area contributed by atoms with E-state index in [1.54, 1.807) is 35.1 Å². The Morgan fingerprint density at radius 2 is 1.81 bits per heavy atom. The van der Waals surface area contributed by atoms with E-state index >= 15 is 0 Å². The Morgan fingerprint density at radius 1 is 1.07 bits per heavy atom. The van der Waals surface area contributed by atoms with Crippen molar-refractivity contribution in [3.8, 4) is 11.4 Å². The van der Waals surface area contributed by atoms with Crippen LogP contribution >= 0.6 is 0 Å². The highest BCUT2D eigenvalue weighted by Gasteiger charge is 2.04. The number of ether oxygens (including phenoxy) is 1. The molecule has 27 heavy (non-hydrogen) atoms. The van der Waals surface area contributed by atoms with Gasteiger partial charge in [-0.15, -0.1) is 0 Å². The first-order chi connectivity index (χ1) is 13.1. The van der Waals surface area contributed by atoms with Crippen LogP contribution < -0.4 is 15.8 Å². The summed E-state index contributed by atoms with van der Waals surface area (Å²) in [5, 5.41) is 7.00. The molecule has 7 nitrogen and oxygen atoms in total. The van der Waals surface area contributed by atoms with Gasteiger partial charge in [-0.1, -0.05) is 12.1 Å². The van der Waals surface area contributed by atoms with Gasteiger partial charge in [0.25, 0.3) is 5.91 Å². The third-order valence-electron chi connectivity index (χ3n) is 3.95. The van der Waals surface area contributed by atoms with Crippen LogP contribution in [0.1, 0.15) is 15.9 Å². The quantitative estimate of drug-likeness (QED) is 0.635. The van der Waals surface area contributed by atoms with Crippen LogP contribution in [0.3, 0.4) is 0 Å². The third-order valence-corrected chi connectivity index (χ3v) is 3.95. The molecule has 0 aliphatic carbocycles. The number of carbonyl (C=O) groups excluding carboxylic acids is 2. The molecule has 0 aliphatic heterocycles. The summed E-state index contributed by atoms with van der Waals surface area (Å²) < 4.78 is 7.18. The first kappa shape index (κ1) is 18.2. The fourth-order valence-corrected chi connectivity index (χ4v) is 2.50. The van der Waals surface area contributed by atoms with Gasteiger partial charge in [0.1, 0.15) is 5.75 Å². The van der Waals surface area contributed by atoms with Gasteiger partial charge < -0.3 is 15.8 Å². The highest BCUT2D eigenvalue weighted by molar-refractivity contribution is 5.92. The molecular formula is C20H20N4O3. The summed E-state index contributed by atoms with van der Waals surface area (Å²) in [6.45, 7) is 0.429. The molecule has 0 radical (unpaired) electrons. The molecule has 3 N–H and O–H groups in total. The van der Waals surface area contributed by atoms with Crippen molar-refractivity contribution in [1.82, 2.24) is 15.1 Å². The molecule has 0 saturated heterocycles. The van der Waals surface area contributed by atoms with E-state index in [1.165, 1.54) is 0 Å². The summed E-state index contributed by atoms with van der Waals surface area (Å²) in [7, 11) is 0. The van der Waals surface area contributed by atoms with Gasteiger partial charge in [0.15, 0.2) is 6.61 Å². The van der Waals surface area contributed by atoms with Crippen LogP contribution in [0.15, 0.2) is 67.0 Å². The lowest BCUT2D eigenvalue weighted by atomic mass is 10.1. The standard InChI is InChI=1S/C20H20N4O3/c21-20(26)16-4-8-18(9-5-16)27-14-19(25)22-12-10-15-2-6-17(7-3-15)24-13-1-11-23-24/h1-9,11,13H,10,12,14H2,(H2,21,26)(H,22,25). The normalized spacial score (nSPS) is 10.4. The first-order valence-corrected chi connectivity index (χ1v) is 8.50. The summed E-state index contributed by atoms with van der Waals surface area (Å²) in [4.78, 5) is 22.9. The summed E-state index contributed by atoms with van der Waals surface area (Å²) in [6, 6.07) is 16.2. The summed E-state index contributed by atoms with van der Waals surface area (Å²) >= 11 is 0. The summed E-state index contributed by atoms with van der Waals surface area (Å²) in [5.74, 6) is -0.205. The van der Waals surface area contributed by atoms with Crippen molar-refractivity contribution in [3.05, 3.63) is 78.1 Å². The van der Waals surface area contributed by atoms with Gasteiger partial charge in [0.05, 0.1) is 5.69 Å². The van der Waals surface area contributed by atoms with E-state index in [9.17, 15) is 9.59 Å². The largest absolute Gasteiger partial charge is 0.484 e. The van der Waals surface area contributed by atoms with Gasteiger partial charge in [0.2, 0.25) is 5.91 Å². The fraction of sp³-hybridized carbons (Fsp3) is 0.150. The molecule has 1 aromatic heterocycles. The lowest BCUT2D eigenvalue weighted by Crippen LogP contribution is -2.30. The van der Waals surface area contributed by atoms with E-state index in [1.807, 2.05) is 36.5 Å². The van der Waals surface area contributed by atoms with Crippen LogP contribution in [0.25, 0.3) is 5.69 Å². The predicted molar refractivity (Wildman–Crippen MR) is 101 cm³/mol. The van der Waals surface area contributed by atoms with Crippen molar-refractivity contribution >= 4 is 11.8 Å². The van der Waals surface area contributed by atoms with E-state index in [-0.39, 0.29) is 12.5 Å². The number of nitrogens with two attached hydrogens (primary N) is 1. The zero-order valence-electron chi connectivity index (χ0n) is 14.7. The van der Waals surface area contributed by atoms with Gasteiger partial charge in [-0.2, -0.15) is 5.10 Å². The van der Waals surface area contributed by atoms with Crippen LogP contribution in [-0.2, 0) is 11.2 Å². The second-order valence-electron chi connectivity index (χ2n) is 5.89. The monoisotopic (exact) mass is 364 g/mol. The number of carbonyl (C=O) groups is 2. The van der Waals surface area contributed by atoms with Crippen molar-refractivity contribution in [2.75, 3.05) is 13.2 Å².